The Kier molecular flexibility index (Phi) is 7.54. The van der Waals surface area contributed by atoms with Crippen LogP contribution in [0.1, 0.15) is 33.6 Å². The van der Waals surface area contributed by atoms with Crippen molar-refractivity contribution in [2.45, 2.75) is 34.2 Å². The number of hydrogen-bond donors (Lipinski definition) is 1. The lowest BCUT2D eigenvalue weighted by Crippen LogP contribution is -2.31. The SMILES string of the molecule is COCCNCc1nnc(N(CC(C)C)CC(C)C)o1. The van der Waals surface area contributed by atoms with Crippen molar-refractivity contribution in [3.8, 4) is 0 Å². The lowest BCUT2D eigenvalue weighted by atomic mass is 10.1. The van der Waals surface area contributed by atoms with E-state index in [1.54, 1.807) is 7.11 Å². The number of nitrogens with zero attached hydrogens (tertiary/aromatic N) is 3. The van der Waals surface area contributed by atoms with Crippen molar-refractivity contribution in [3.05, 3.63) is 5.89 Å². The molecular weight excluding hydrogens is 256 g/mol. The molecule has 0 saturated heterocycles. The van der Waals surface area contributed by atoms with Crippen molar-refractivity contribution in [3.63, 3.8) is 0 Å². The first-order valence-electron chi connectivity index (χ1n) is 7.30. The highest BCUT2D eigenvalue weighted by Gasteiger charge is 2.16. The summed E-state index contributed by atoms with van der Waals surface area (Å²) in [5.41, 5.74) is 0. The average Bonchev–Trinajstić information content (AvgIpc) is 2.81. The van der Waals surface area contributed by atoms with Crippen LogP contribution in [0.25, 0.3) is 0 Å². The van der Waals surface area contributed by atoms with Crippen molar-refractivity contribution < 1.29 is 9.15 Å². The summed E-state index contributed by atoms with van der Waals surface area (Å²) in [5, 5.41) is 11.4. The second-order valence-corrected chi connectivity index (χ2v) is 5.84. The largest absolute Gasteiger partial charge is 0.407 e. The number of rotatable bonds is 10. The minimum absolute atomic E-state index is 0.559. The van der Waals surface area contributed by atoms with Crippen LogP contribution in [0.2, 0.25) is 0 Å². The fraction of sp³-hybridized carbons (Fsp3) is 0.857. The molecule has 0 atom stereocenters. The Bertz CT molecular complexity index is 356. The lowest BCUT2D eigenvalue weighted by molar-refractivity contribution is 0.198. The average molecular weight is 284 g/mol. The zero-order valence-corrected chi connectivity index (χ0v) is 13.3. The van der Waals surface area contributed by atoms with Crippen LogP contribution in [-0.4, -0.2) is 43.5 Å². The molecule has 116 valence electrons. The summed E-state index contributed by atoms with van der Waals surface area (Å²) in [5.74, 6) is 1.74. The minimum Gasteiger partial charge on any atom is -0.407 e. The summed E-state index contributed by atoms with van der Waals surface area (Å²) in [4.78, 5) is 2.17. The Morgan fingerprint density at radius 3 is 2.35 bits per heavy atom. The molecule has 0 aliphatic heterocycles. The van der Waals surface area contributed by atoms with Gasteiger partial charge in [-0.3, -0.25) is 0 Å². The Hall–Kier alpha value is -1.14. The van der Waals surface area contributed by atoms with Gasteiger partial charge in [-0.2, -0.15) is 0 Å². The van der Waals surface area contributed by atoms with Gasteiger partial charge in [-0.05, 0) is 11.8 Å². The number of aromatic nitrogens is 2. The van der Waals surface area contributed by atoms with Crippen LogP contribution in [0.4, 0.5) is 6.01 Å². The molecule has 1 aromatic heterocycles. The molecule has 1 aromatic rings. The standard InChI is InChI=1S/C14H28N4O2/c1-11(2)9-18(10-12(3)4)14-17-16-13(20-14)8-15-6-7-19-5/h11-12,15H,6-10H2,1-5H3. The van der Waals surface area contributed by atoms with Crippen LogP contribution in [0.3, 0.4) is 0 Å². The smallest absolute Gasteiger partial charge is 0.318 e. The van der Waals surface area contributed by atoms with Gasteiger partial charge in [-0.25, -0.2) is 0 Å². The van der Waals surface area contributed by atoms with E-state index in [0.29, 0.717) is 36.9 Å². The zero-order valence-electron chi connectivity index (χ0n) is 13.3. The number of nitrogens with one attached hydrogen (secondary N) is 1. The van der Waals surface area contributed by atoms with Gasteiger partial charge < -0.3 is 19.4 Å². The molecule has 0 amide bonds. The van der Waals surface area contributed by atoms with Gasteiger partial charge in [0.05, 0.1) is 13.2 Å². The molecule has 0 spiro atoms. The van der Waals surface area contributed by atoms with E-state index in [1.807, 2.05) is 0 Å². The molecule has 0 bridgehead atoms. The first-order chi connectivity index (χ1) is 9.52. The van der Waals surface area contributed by atoms with Crippen LogP contribution >= 0.6 is 0 Å². The summed E-state index contributed by atoms with van der Waals surface area (Å²) < 4.78 is 10.7. The molecule has 0 aliphatic rings. The first kappa shape index (κ1) is 16.9. The molecule has 0 aliphatic carbocycles. The minimum atomic E-state index is 0.559. The molecule has 0 unspecified atom stereocenters. The summed E-state index contributed by atoms with van der Waals surface area (Å²) in [6.45, 7) is 12.6. The van der Waals surface area contributed by atoms with E-state index in [9.17, 15) is 0 Å². The Morgan fingerprint density at radius 1 is 1.15 bits per heavy atom. The molecule has 0 saturated carbocycles. The highest BCUT2D eigenvalue weighted by molar-refractivity contribution is 5.24. The van der Waals surface area contributed by atoms with E-state index < -0.39 is 0 Å². The molecule has 6 nitrogen and oxygen atoms in total. The van der Waals surface area contributed by atoms with Gasteiger partial charge >= 0.3 is 6.01 Å². The number of hydrogen-bond acceptors (Lipinski definition) is 6. The van der Waals surface area contributed by atoms with Crippen molar-refractivity contribution in [1.29, 1.82) is 0 Å². The van der Waals surface area contributed by atoms with E-state index in [1.165, 1.54) is 0 Å². The maximum absolute atomic E-state index is 5.73. The van der Waals surface area contributed by atoms with Crippen LogP contribution in [-0.2, 0) is 11.3 Å². The van der Waals surface area contributed by atoms with E-state index >= 15 is 0 Å². The maximum atomic E-state index is 5.73. The van der Waals surface area contributed by atoms with Crippen LogP contribution in [0.15, 0.2) is 4.42 Å². The van der Waals surface area contributed by atoms with E-state index in [2.05, 4.69) is 48.1 Å². The van der Waals surface area contributed by atoms with Gasteiger partial charge in [-0.1, -0.05) is 32.8 Å². The van der Waals surface area contributed by atoms with Crippen LogP contribution in [0, 0.1) is 11.8 Å². The van der Waals surface area contributed by atoms with Crippen molar-refractivity contribution in [1.82, 2.24) is 15.5 Å². The molecule has 0 fully saturated rings. The third-order valence-corrected chi connectivity index (χ3v) is 2.66. The van der Waals surface area contributed by atoms with Crippen molar-refractivity contribution >= 4 is 6.01 Å². The number of anilines is 1. The third-order valence-electron chi connectivity index (χ3n) is 2.66. The third kappa shape index (κ3) is 6.34. The summed E-state index contributed by atoms with van der Waals surface area (Å²) in [6, 6.07) is 0.621. The molecule has 0 radical (unpaired) electrons. The van der Waals surface area contributed by atoms with Gasteiger partial charge in [0, 0.05) is 26.7 Å². The van der Waals surface area contributed by atoms with Gasteiger partial charge in [-0.15, -0.1) is 5.10 Å². The predicted octanol–water partition coefficient (Wildman–Crippen LogP) is 1.92. The van der Waals surface area contributed by atoms with E-state index in [-0.39, 0.29) is 0 Å². The molecule has 20 heavy (non-hydrogen) atoms. The summed E-state index contributed by atoms with van der Waals surface area (Å²) in [7, 11) is 1.68. The second kappa shape index (κ2) is 8.92. The van der Waals surface area contributed by atoms with E-state index in [4.69, 9.17) is 9.15 Å². The highest BCUT2D eigenvalue weighted by atomic mass is 16.5. The van der Waals surface area contributed by atoms with Gasteiger partial charge in [0.2, 0.25) is 5.89 Å². The van der Waals surface area contributed by atoms with E-state index in [0.717, 1.165) is 19.6 Å². The van der Waals surface area contributed by atoms with Crippen LogP contribution < -0.4 is 10.2 Å². The molecular formula is C14H28N4O2. The summed E-state index contributed by atoms with van der Waals surface area (Å²) >= 11 is 0. The van der Waals surface area contributed by atoms with Gasteiger partial charge in [0.25, 0.3) is 0 Å². The quantitative estimate of drug-likeness (QED) is 0.662. The zero-order chi connectivity index (χ0) is 15.0. The molecule has 1 N–H and O–H groups in total. The maximum Gasteiger partial charge on any atom is 0.318 e. The fourth-order valence-corrected chi connectivity index (χ4v) is 1.93. The molecule has 0 aromatic carbocycles. The summed E-state index contributed by atoms with van der Waals surface area (Å²) in [6.07, 6.45) is 0. The lowest BCUT2D eigenvalue weighted by Gasteiger charge is -2.23. The highest BCUT2D eigenvalue weighted by Crippen LogP contribution is 2.16. The molecule has 6 heteroatoms. The van der Waals surface area contributed by atoms with Crippen molar-refractivity contribution in [2.75, 3.05) is 38.3 Å². The first-order valence-corrected chi connectivity index (χ1v) is 7.30. The topological polar surface area (TPSA) is 63.4 Å². The molecule has 1 heterocycles. The predicted molar refractivity (Wildman–Crippen MR) is 79.8 cm³/mol. The van der Waals surface area contributed by atoms with Gasteiger partial charge in [0.15, 0.2) is 0 Å². The second-order valence-electron chi connectivity index (χ2n) is 5.84. The normalized spacial score (nSPS) is 11.6. The Morgan fingerprint density at radius 2 is 1.80 bits per heavy atom. The number of methoxy groups -OCH3 is 1. The van der Waals surface area contributed by atoms with Crippen LogP contribution in [0.5, 0.6) is 0 Å². The number of ether oxygens (including phenoxy) is 1. The fourth-order valence-electron chi connectivity index (χ4n) is 1.93. The Balaban J connectivity index is 2.56. The Labute approximate surface area is 121 Å². The van der Waals surface area contributed by atoms with Gasteiger partial charge in [0.1, 0.15) is 0 Å². The molecule has 1 rings (SSSR count). The monoisotopic (exact) mass is 284 g/mol. The van der Waals surface area contributed by atoms with Crippen molar-refractivity contribution in [2.24, 2.45) is 11.8 Å².